The maximum atomic E-state index is 16.5. The standard InChI is InChI=1S/C33H34F3N7O3/c1-46-32-26(15-21(34)16-27(32)35)24-17-23(20-3-2-8-42(19-20)29(44)6-9-43-10-7-37-39-43)30(36)31-25(24)18-28(38-31)33(45)41-13-11-40(12-14-41)22-4-5-22/h3,7,10,15-18,22,38H,2,4-6,8-9,11-14,19H2,1H3. The van der Waals surface area contributed by atoms with Crippen molar-refractivity contribution in [3.8, 4) is 16.9 Å². The van der Waals surface area contributed by atoms with Crippen LogP contribution in [0.15, 0.2) is 42.7 Å². The molecule has 0 atom stereocenters. The maximum Gasteiger partial charge on any atom is 0.270 e. The fourth-order valence-corrected chi connectivity index (χ4v) is 6.57. The van der Waals surface area contributed by atoms with Crippen LogP contribution in [0.25, 0.3) is 27.6 Å². The number of amides is 2. The predicted molar refractivity (Wildman–Crippen MR) is 164 cm³/mol. The lowest BCUT2D eigenvalue weighted by Gasteiger charge is -2.34. The van der Waals surface area contributed by atoms with Crippen LogP contribution in [0.3, 0.4) is 0 Å². The van der Waals surface area contributed by atoms with Gasteiger partial charge in [0.15, 0.2) is 17.4 Å². The van der Waals surface area contributed by atoms with Gasteiger partial charge in [-0.15, -0.1) is 5.10 Å². The Bertz CT molecular complexity index is 1830. The predicted octanol–water partition coefficient (Wildman–Crippen LogP) is 4.48. The Balaban J connectivity index is 1.25. The molecule has 13 heteroatoms. The molecule has 4 heterocycles. The summed E-state index contributed by atoms with van der Waals surface area (Å²) in [5, 5.41) is 7.95. The molecule has 2 amide bonds. The molecule has 10 nitrogen and oxygen atoms in total. The highest BCUT2D eigenvalue weighted by atomic mass is 19.1. The number of H-pyrrole nitrogens is 1. The lowest BCUT2D eigenvalue weighted by molar-refractivity contribution is -0.131. The summed E-state index contributed by atoms with van der Waals surface area (Å²) in [6, 6.07) is 5.55. The van der Waals surface area contributed by atoms with Gasteiger partial charge in [0.2, 0.25) is 5.91 Å². The average molecular weight is 634 g/mol. The summed E-state index contributed by atoms with van der Waals surface area (Å²) < 4.78 is 53.0. The number of fused-ring (bicyclic) bond motifs is 1. The van der Waals surface area contributed by atoms with Gasteiger partial charge in [0.25, 0.3) is 5.91 Å². The van der Waals surface area contributed by atoms with Crippen molar-refractivity contribution in [3.63, 3.8) is 0 Å². The first-order chi connectivity index (χ1) is 22.3. The number of nitrogens with zero attached hydrogens (tertiary/aromatic N) is 6. The first-order valence-electron chi connectivity index (χ1n) is 15.5. The van der Waals surface area contributed by atoms with E-state index < -0.39 is 17.5 Å². The Morgan fingerprint density at radius 3 is 2.50 bits per heavy atom. The van der Waals surface area contributed by atoms with Crippen molar-refractivity contribution in [1.82, 2.24) is 34.7 Å². The number of hydrogen-bond acceptors (Lipinski definition) is 6. The Morgan fingerprint density at radius 1 is 0.978 bits per heavy atom. The molecule has 240 valence electrons. The number of piperazine rings is 1. The zero-order chi connectivity index (χ0) is 31.9. The summed E-state index contributed by atoms with van der Waals surface area (Å²) in [6.07, 6.45) is 8.15. The molecule has 0 bridgehead atoms. The molecule has 0 unspecified atom stereocenters. The fourth-order valence-electron chi connectivity index (χ4n) is 6.57. The summed E-state index contributed by atoms with van der Waals surface area (Å²) in [5.74, 6) is -2.93. The van der Waals surface area contributed by atoms with E-state index in [4.69, 9.17) is 4.74 Å². The zero-order valence-corrected chi connectivity index (χ0v) is 25.4. The molecule has 1 saturated carbocycles. The molecule has 3 aliphatic rings. The van der Waals surface area contributed by atoms with Crippen molar-refractivity contribution in [1.29, 1.82) is 0 Å². The number of hydrogen-bond donors (Lipinski definition) is 1. The van der Waals surface area contributed by atoms with Crippen LogP contribution in [0, 0.1) is 17.5 Å². The van der Waals surface area contributed by atoms with E-state index in [1.165, 1.54) is 32.2 Å². The van der Waals surface area contributed by atoms with Gasteiger partial charge in [0.05, 0.1) is 25.4 Å². The topological polar surface area (TPSA) is 99.6 Å². The SMILES string of the molecule is COc1c(F)cc(F)cc1-c1cc(C2=CCCN(C(=O)CCn3ccnn3)C2)c(F)c2[nH]c(C(=O)N3CCN(C4CC4)CC3)cc12. The molecule has 2 aromatic heterocycles. The van der Waals surface area contributed by atoms with E-state index in [0.29, 0.717) is 55.2 Å². The van der Waals surface area contributed by atoms with Crippen molar-refractivity contribution < 1.29 is 27.5 Å². The molecular weight excluding hydrogens is 599 g/mol. The van der Waals surface area contributed by atoms with E-state index >= 15 is 4.39 Å². The summed E-state index contributed by atoms with van der Waals surface area (Å²) in [5.41, 5.74) is 1.32. The number of halogens is 3. The van der Waals surface area contributed by atoms with Gasteiger partial charge >= 0.3 is 0 Å². The van der Waals surface area contributed by atoms with Gasteiger partial charge < -0.3 is 19.5 Å². The minimum atomic E-state index is -0.905. The molecule has 46 heavy (non-hydrogen) atoms. The molecule has 2 fully saturated rings. The first kappa shape index (κ1) is 30.0. The van der Waals surface area contributed by atoms with Crippen molar-refractivity contribution in [2.24, 2.45) is 0 Å². The normalized spacial score (nSPS) is 17.4. The van der Waals surface area contributed by atoms with Gasteiger partial charge in [-0.3, -0.25) is 19.2 Å². The number of methoxy groups -OCH3 is 1. The second kappa shape index (κ2) is 12.3. The second-order valence-electron chi connectivity index (χ2n) is 12.0. The highest BCUT2D eigenvalue weighted by Gasteiger charge is 2.33. The van der Waals surface area contributed by atoms with Crippen LogP contribution >= 0.6 is 0 Å². The van der Waals surface area contributed by atoms with Gasteiger partial charge in [-0.05, 0) is 48.6 Å². The molecule has 2 aliphatic heterocycles. The maximum absolute atomic E-state index is 16.5. The van der Waals surface area contributed by atoms with Crippen LogP contribution < -0.4 is 4.74 Å². The van der Waals surface area contributed by atoms with Crippen LogP contribution in [-0.4, -0.2) is 98.9 Å². The van der Waals surface area contributed by atoms with Crippen LogP contribution in [0.2, 0.25) is 0 Å². The summed E-state index contributed by atoms with van der Waals surface area (Å²) >= 11 is 0. The third-order valence-electron chi connectivity index (χ3n) is 9.13. The van der Waals surface area contributed by atoms with Gasteiger partial charge in [0.1, 0.15) is 11.5 Å². The van der Waals surface area contributed by atoms with Crippen molar-refractivity contribution in [2.75, 3.05) is 46.4 Å². The summed E-state index contributed by atoms with van der Waals surface area (Å²) in [7, 11) is 1.28. The van der Waals surface area contributed by atoms with E-state index in [0.717, 1.165) is 25.2 Å². The molecule has 1 saturated heterocycles. The van der Waals surface area contributed by atoms with E-state index in [1.807, 2.05) is 6.08 Å². The van der Waals surface area contributed by atoms with Gasteiger partial charge in [-0.25, -0.2) is 13.2 Å². The third kappa shape index (κ3) is 5.75. The van der Waals surface area contributed by atoms with E-state index in [2.05, 4.69) is 20.2 Å². The van der Waals surface area contributed by atoms with Gasteiger partial charge in [-0.2, -0.15) is 0 Å². The Labute approximate surface area is 263 Å². The lowest BCUT2D eigenvalue weighted by atomic mass is 9.92. The second-order valence-corrected chi connectivity index (χ2v) is 12.0. The van der Waals surface area contributed by atoms with Crippen LogP contribution in [-0.2, 0) is 11.3 Å². The van der Waals surface area contributed by atoms with Gasteiger partial charge in [-0.1, -0.05) is 11.3 Å². The molecule has 0 radical (unpaired) electrons. The highest BCUT2D eigenvalue weighted by molar-refractivity contribution is 6.05. The molecule has 1 aliphatic carbocycles. The Morgan fingerprint density at radius 2 is 1.78 bits per heavy atom. The zero-order valence-electron chi connectivity index (χ0n) is 25.4. The first-order valence-corrected chi connectivity index (χ1v) is 15.5. The van der Waals surface area contributed by atoms with E-state index in [-0.39, 0.29) is 52.9 Å². The largest absolute Gasteiger partial charge is 0.493 e. The van der Waals surface area contributed by atoms with Crippen molar-refractivity contribution in [3.05, 3.63) is 71.4 Å². The monoisotopic (exact) mass is 633 g/mol. The number of ether oxygens (including phenoxy) is 1. The number of rotatable bonds is 8. The minimum absolute atomic E-state index is 0.0368. The minimum Gasteiger partial charge on any atom is -0.493 e. The highest BCUT2D eigenvalue weighted by Crippen LogP contribution is 2.41. The van der Waals surface area contributed by atoms with Crippen LogP contribution in [0.4, 0.5) is 13.2 Å². The van der Waals surface area contributed by atoms with Crippen LogP contribution in [0.1, 0.15) is 41.7 Å². The average Bonchev–Trinajstić information content (AvgIpc) is 3.59. The molecular formula is C33H34F3N7O3. The van der Waals surface area contributed by atoms with Crippen molar-refractivity contribution >= 4 is 28.3 Å². The van der Waals surface area contributed by atoms with Gasteiger partial charge in [0, 0.05) is 80.5 Å². The quantitative estimate of drug-likeness (QED) is 0.307. The summed E-state index contributed by atoms with van der Waals surface area (Å²) in [4.78, 5) is 35.5. The number of aromatic amines is 1. The van der Waals surface area contributed by atoms with Crippen LogP contribution in [0.5, 0.6) is 5.75 Å². The number of carbonyl (C=O) groups excluding carboxylic acids is 2. The lowest BCUT2D eigenvalue weighted by Crippen LogP contribution is -2.49. The Kier molecular flexibility index (Phi) is 8.01. The molecule has 4 aromatic rings. The number of aromatic nitrogens is 4. The van der Waals surface area contributed by atoms with E-state index in [1.54, 1.807) is 26.7 Å². The molecule has 2 aromatic carbocycles. The third-order valence-corrected chi connectivity index (χ3v) is 9.13. The summed E-state index contributed by atoms with van der Waals surface area (Å²) in [6.45, 7) is 3.65. The molecule has 1 N–H and O–H groups in total. The molecule has 7 rings (SSSR count). The number of aryl methyl sites for hydroxylation is 1. The van der Waals surface area contributed by atoms with Crippen molar-refractivity contribution in [2.45, 2.75) is 38.3 Å². The number of nitrogens with one attached hydrogen (secondary N) is 1. The van der Waals surface area contributed by atoms with E-state index in [9.17, 15) is 18.4 Å². The Hall–Kier alpha value is -4.65. The number of benzene rings is 2. The smallest absolute Gasteiger partial charge is 0.270 e. The fraction of sp³-hybridized carbons (Fsp3) is 0.394. The number of carbonyl (C=O) groups is 2. The molecule has 0 spiro atoms.